The predicted octanol–water partition coefficient (Wildman–Crippen LogP) is 3.03. The zero-order chi connectivity index (χ0) is 15.4. The molecule has 1 aliphatic carbocycles. The lowest BCUT2D eigenvalue weighted by Gasteiger charge is -2.26. The topological polar surface area (TPSA) is 58.2 Å². The van der Waals surface area contributed by atoms with Crippen molar-refractivity contribution in [2.75, 3.05) is 6.54 Å². The van der Waals surface area contributed by atoms with Gasteiger partial charge in [-0.3, -0.25) is 9.59 Å². The smallest absolute Gasteiger partial charge is 0.253 e. The average Bonchev–Trinajstić information content (AvgIpc) is 2.39. The van der Waals surface area contributed by atoms with Crippen LogP contribution >= 0.6 is 23.2 Å². The fraction of sp³-hybridized carbons (Fsp3) is 0.467. The van der Waals surface area contributed by atoms with Crippen molar-refractivity contribution >= 4 is 35.0 Å². The molecule has 1 saturated carbocycles. The number of amides is 2. The van der Waals surface area contributed by atoms with Crippen molar-refractivity contribution in [3.8, 4) is 0 Å². The zero-order valence-electron chi connectivity index (χ0n) is 11.8. The van der Waals surface area contributed by atoms with Gasteiger partial charge in [0.05, 0.1) is 15.6 Å². The van der Waals surface area contributed by atoms with Crippen LogP contribution in [0.5, 0.6) is 0 Å². The molecule has 0 bridgehead atoms. The van der Waals surface area contributed by atoms with Crippen molar-refractivity contribution in [1.82, 2.24) is 10.6 Å². The van der Waals surface area contributed by atoms with Gasteiger partial charge < -0.3 is 10.6 Å². The minimum absolute atomic E-state index is 0.187. The molecule has 0 radical (unpaired) electrons. The van der Waals surface area contributed by atoms with Crippen LogP contribution in [-0.4, -0.2) is 24.4 Å². The van der Waals surface area contributed by atoms with E-state index >= 15 is 0 Å². The first-order chi connectivity index (χ1) is 9.99. The quantitative estimate of drug-likeness (QED) is 0.872. The van der Waals surface area contributed by atoms with Gasteiger partial charge in [-0.05, 0) is 37.8 Å². The molecule has 1 unspecified atom stereocenters. The first-order valence-electron chi connectivity index (χ1n) is 7.01. The summed E-state index contributed by atoms with van der Waals surface area (Å²) in [5.41, 5.74) is 0.266. The Bertz CT molecular complexity index is 544. The Kier molecular flexibility index (Phi) is 5.48. The van der Waals surface area contributed by atoms with Gasteiger partial charge in [0.2, 0.25) is 5.91 Å². The van der Waals surface area contributed by atoms with Gasteiger partial charge in [-0.15, -0.1) is 0 Å². The molecule has 0 saturated heterocycles. The maximum absolute atomic E-state index is 12.1. The van der Waals surface area contributed by atoms with Crippen LogP contribution < -0.4 is 10.6 Å². The zero-order valence-corrected chi connectivity index (χ0v) is 13.3. The summed E-state index contributed by atoms with van der Waals surface area (Å²) in [5, 5.41) is 5.99. The fourth-order valence-electron chi connectivity index (χ4n) is 2.11. The van der Waals surface area contributed by atoms with E-state index in [-0.39, 0.29) is 16.5 Å². The molecule has 2 amide bonds. The van der Waals surface area contributed by atoms with Crippen molar-refractivity contribution in [1.29, 1.82) is 0 Å². The number of halogens is 2. The second-order valence-electron chi connectivity index (χ2n) is 5.34. The van der Waals surface area contributed by atoms with Crippen LogP contribution in [0.15, 0.2) is 18.2 Å². The Balaban J connectivity index is 1.88. The summed E-state index contributed by atoms with van der Waals surface area (Å²) in [5.74, 6) is -0.0126. The molecule has 1 aliphatic rings. The molecule has 2 rings (SSSR count). The van der Waals surface area contributed by atoms with Crippen LogP contribution in [0.25, 0.3) is 0 Å². The van der Waals surface area contributed by atoms with Crippen LogP contribution in [-0.2, 0) is 4.79 Å². The summed E-state index contributed by atoms with van der Waals surface area (Å²) in [6.45, 7) is 2.32. The van der Waals surface area contributed by atoms with Gasteiger partial charge in [0.1, 0.15) is 6.04 Å². The minimum Gasteiger partial charge on any atom is -0.354 e. The molecule has 114 valence electrons. The van der Waals surface area contributed by atoms with E-state index < -0.39 is 11.9 Å². The van der Waals surface area contributed by atoms with Crippen molar-refractivity contribution < 1.29 is 9.59 Å². The Hall–Kier alpha value is -1.26. The number of rotatable bonds is 5. The molecule has 0 aromatic heterocycles. The maximum Gasteiger partial charge on any atom is 0.253 e. The third kappa shape index (κ3) is 4.11. The SMILES string of the molecule is CC(NC(=O)c1cccc(Cl)c1Cl)C(=O)NCC1CCC1. The van der Waals surface area contributed by atoms with E-state index in [0.717, 1.165) is 0 Å². The second-order valence-corrected chi connectivity index (χ2v) is 6.12. The Morgan fingerprint density at radius 3 is 2.67 bits per heavy atom. The molecule has 0 aliphatic heterocycles. The van der Waals surface area contributed by atoms with Crippen molar-refractivity contribution in [3.05, 3.63) is 33.8 Å². The first kappa shape index (κ1) is 16.1. The fourth-order valence-corrected chi connectivity index (χ4v) is 2.50. The standard InChI is InChI=1S/C15H18Cl2N2O2/c1-9(14(20)18-8-10-4-2-5-10)19-15(21)11-6-3-7-12(16)13(11)17/h3,6-7,9-10H,2,4-5,8H2,1H3,(H,18,20)(H,19,21). The molecule has 0 spiro atoms. The highest BCUT2D eigenvalue weighted by Crippen LogP contribution is 2.26. The van der Waals surface area contributed by atoms with Crippen molar-refractivity contribution in [2.24, 2.45) is 5.92 Å². The molecule has 0 heterocycles. The number of hydrogen-bond acceptors (Lipinski definition) is 2. The molecule has 1 aromatic rings. The second kappa shape index (κ2) is 7.14. The lowest BCUT2D eigenvalue weighted by Crippen LogP contribution is -2.46. The molecule has 6 heteroatoms. The van der Waals surface area contributed by atoms with Gasteiger partial charge in [-0.2, -0.15) is 0 Å². The summed E-state index contributed by atoms with van der Waals surface area (Å²) in [7, 11) is 0. The largest absolute Gasteiger partial charge is 0.354 e. The number of benzene rings is 1. The van der Waals surface area contributed by atoms with Crippen molar-refractivity contribution in [3.63, 3.8) is 0 Å². The summed E-state index contributed by atoms with van der Waals surface area (Å²) < 4.78 is 0. The van der Waals surface area contributed by atoms with E-state index in [0.29, 0.717) is 17.5 Å². The lowest BCUT2D eigenvalue weighted by molar-refractivity contribution is -0.122. The number of nitrogens with one attached hydrogen (secondary N) is 2. The van der Waals surface area contributed by atoms with Gasteiger partial charge in [0.25, 0.3) is 5.91 Å². The molecular weight excluding hydrogens is 311 g/mol. The van der Waals surface area contributed by atoms with E-state index in [1.165, 1.54) is 19.3 Å². The Labute approximate surface area is 134 Å². The van der Waals surface area contributed by atoms with Crippen LogP contribution in [0.4, 0.5) is 0 Å². The number of carbonyl (C=O) groups excluding carboxylic acids is 2. The number of carbonyl (C=O) groups is 2. The molecule has 2 N–H and O–H groups in total. The van der Waals surface area contributed by atoms with Gasteiger partial charge >= 0.3 is 0 Å². The van der Waals surface area contributed by atoms with Crippen LogP contribution in [0.2, 0.25) is 10.0 Å². The van der Waals surface area contributed by atoms with Gasteiger partial charge in [-0.1, -0.05) is 35.7 Å². The van der Waals surface area contributed by atoms with E-state index in [4.69, 9.17) is 23.2 Å². The first-order valence-corrected chi connectivity index (χ1v) is 7.77. The third-order valence-electron chi connectivity index (χ3n) is 3.73. The highest BCUT2D eigenvalue weighted by atomic mass is 35.5. The predicted molar refractivity (Wildman–Crippen MR) is 83.7 cm³/mol. The van der Waals surface area contributed by atoms with Crippen molar-refractivity contribution in [2.45, 2.75) is 32.2 Å². The minimum atomic E-state index is -0.618. The van der Waals surface area contributed by atoms with Crippen LogP contribution in [0.3, 0.4) is 0 Å². The Morgan fingerprint density at radius 2 is 2.05 bits per heavy atom. The molecule has 21 heavy (non-hydrogen) atoms. The van der Waals surface area contributed by atoms with Gasteiger partial charge in [0.15, 0.2) is 0 Å². The van der Waals surface area contributed by atoms with E-state index in [1.54, 1.807) is 25.1 Å². The molecule has 1 atom stereocenters. The normalized spacial score (nSPS) is 16.0. The molecule has 1 fully saturated rings. The molecule has 4 nitrogen and oxygen atoms in total. The summed E-state index contributed by atoms with van der Waals surface area (Å²) in [4.78, 5) is 24.0. The highest BCUT2D eigenvalue weighted by molar-refractivity contribution is 6.43. The molecule has 1 aromatic carbocycles. The van der Waals surface area contributed by atoms with E-state index in [9.17, 15) is 9.59 Å². The molecular formula is C15H18Cl2N2O2. The summed E-state index contributed by atoms with van der Waals surface area (Å²) in [6.07, 6.45) is 3.57. The van der Waals surface area contributed by atoms with Crippen LogP contribution in [0, 0.1) is 5.92 Å². The average molecular weight is 329 g/mol. The van der Waals surface area contributed by atoms with E-state index in [1.807, 2.05) is 0 Å². The van der Waals surface area contributed by atoms with Gasteiger partial charge in [0, 0.05) is 6.54 Å². The maximum atomic E-state index is 12.1. The van der Waals surface area contributed by atoms with E-state index in [2.05, 4.69) is 10.6 Å². The van der Waals surface area contributed by atoms with Crippen LogP contribution in [0.1, 0.15) is 36.5 Å². The highest BCUT2D eigenvalue weighted by Gasteiger charge is 2.22. The summed E-state index contributed by atoms with van der Waals surface area (Å²) >= 11 is 11.9. The monoisotopic (exact) mass is 328 g/mol. The van der Waals surface area contributed by atoms with Gasteiger partial charge in [-0.25, -0.2) is 0 Å². The lowest BCUT2D eigenvalue weighted by atomic mass is 9.85. The number of hydrogen-bond donors (Lipinski definition) is 2. The third-order valence-corrected chi connectivity index (χ3v) is 4.55. The summed E-state index contributed by atoms with van der Waals surface area (Å²) in [6, 6.07) is 4.20. The Morgan fingerprint density at radius 1 is 1.33 bits per heavy atom.